The van der Waals surface area contributed by atoms with Crippen molar-refractivity contribution in [2.45, 2.75) is 65.0 Å². The van der Waals surface area contributed by atoms with Gasteiger partial charge in [0.25, 0.3) is 5.56 Å². The maximum absolute atomic E-state index is 13.7. The number of amides is 1. The fourth-order valence-corrected chi connectivity index (χ4v) is 4.29. The summed E-state index contributed by atoms with van der Waals surface area (Å²) in [5, 5.41) is 0. The van der Waals surface area contributed by atoms with Crippen molar-refractivity contribution in [2.75, 3.05) is 13.1 Å². The molecule has 4 heterocycles. The van der Waals surface area contributed by atoms with Crippen LogP contribution in [0.3, 0.4) is 0 Å². The minimum atomic E-state index is -4.93. The summed E-state index contributed by atoms with van der Waals surface area (Å²) in [5.41, 5.74) is 0.790. The number of rotatable bonds is 4. The van der Waals surface area contributed by atoms with Crippen molar-refractivity contribution < 1.29 is 27.4 Å². The molecule has 1 saturated heterocycles. The van der Waals surface area contributed by atoms with E-state index in [4.69, 9.17) is 4.74 Å². The lowest BCUT2D eigenvalue weighted by Gasteiger charge is -2.33. The average molecular weight is 520 g/mol. The van der Waals surface area contributed by atoms with Crippen molar-refractivity contribution >= 4 is 17.3 Å². The van der Waals surface area contributed by atoms with E-state index >= 15 is 0 Å². The van der Waals surface area contributed by atoms with Crippen LogP contribution in [0, 0.1) is 6.92 Å². The lowest BCUT2D eigenvalue weighted by Crippen LogP contribution is -2.42. The van der Waals surface area contributed by atoms with Crippen molar-refractivity contribution in [1.29, 1.82) is 0 Å². The topological polar surface area (TPSA) is 99.4 Å². The summed E-state index contributed by atoms with van der Waals surface area (Å²) in [4.78, 5) is 40.3. The second kappa shape index (κ2) is 9.98. The standard InChI is InChI=1S/C25H28F3N5O4/c1-15-13-30-19-12-18(16-7-10-32(11-8-16)23(35)37-24(2,3)4)22(34)33(20(19)31-15)14-17-6-5-9-29-21(17)36-25(26,27)28/h5-6,9,12-13,16H,7-8,10-11,14H2,1-4H3. The van der Waals surface area contributed by atoms with Crippen molar-refractivity contribution in [3.63, 3.8) is 0 Å². The predicted molar refractivity (Wildman–Crippen MR) is 128 cm³/mol. The fraction of sp³-hybridized carbons (Fsp3) is 0.480. The first-order chi connectivity index (χ1) is 17.3. The minimum absolute atomic E-state index is 0.0726. The number of aromatic nitrogens is 4. The van der Waals surface area contributed by atoms with Crippen LogP contribution in [0.1, 0.15) is 56.4 Å². The van der Waals surface area contributed by atoms with Gasteiger partial charge >= 0.3 is 12.5 Å². The summed E-state index contributed by atoms with van der Waals surface area (Å²) in [6.45, 7) is 7.68. The summed E-state index contributed by atoms with van der Waals surface area (Å²) >= 11 is 0. The number of hydrogen-bond acceptors (Lipinski definition) is 7. The number of alkyl halides is 3. The maximum atomic E-state index is 13.7. The van der Waals surface area contributed by atoms with E-state index in [1.54, 1.807) is 44.9 Å². The molecule has 0 saturated carbocycles. The molecule has 9 nitrogen and oxygen atoms in total. The van der Waals surface area contributed by atoms with Crippen LogP contribution in [0.25, 0.3) is 11.2 Å². The minimum Gasteiger partial charge on any atom is -0.444 e. The average Bonchev–Trinajstić information content (AvgIpc) is 2.80. The van der Waals surface area contributed by atoms with Gasteiger partial charge in [-0.05, 0) is 58.6 Å². The highest BCUT2D eigenvalue weighted by Crippen LogP contribution is 2.29. The van der Waals surface area contributed by atoms with Gasteiger partial charge in [-0.1, -0.05) is 6.07 Å². The van der Waals surface area contributed by atoms with Crippen LogP contribution < -0.4 is 10.3 Å². The Kier molecular flexibility index (Phi) is 7.11. The number of nitrogens with zero attached hydrogens (tertiary/aromatic N) is 5. The molecule has 0 spiro atoms. The van der Waals surface area contributed by atoms with E-state index in [1.165, 1.54) is 22.9 Å². The smallest absolute Gasteiger partial charge is 0.444 e. The van der Waals surface area contributed by atoms with Gasteiger partial charge in [0, 0.05) is 36.6 Å². The number of piperidine rings is 1. The number of ether oxygens (including phenoxy) is 2. The molecule has 4 rings (SSSR count). The van der Waals surface area contributed by atoms with Crippen LogP contribution in [-0.2, 0) is 11.3 Å². The zero-order valence-corrected chi connectivity index (χ0v) is 21.0. The molecule has 37 heavy (non-hydrogen) atoms. The van der Waals surface area contributed by atoms with Gasteiger partial charge in [-0.2, -0.15) is 0 Å². The quantitative estimate of drug-likeness (QED) is 0.498. The molecule has 0 unspecified atom stereocenters. The van der Waals surface area contributed by atoms with Crippen LogP contribution in [0.15, 0.2) is 35.4 Å². The highest BCUT2D eigenvalue weighted by atomic mass is 19.4. The molecule has 198 valence electrons. The second-order valence-electron chi connectivity index (χ2n) is 9.97. The Bertz CT molecular complexity index is 1360. The van der Waals surface area contributed by atoms with E-state index in [-0.39, 0.29) is 29.2 Å². The lowest BCUT2D eigenvalue weighted by molar-refractivity contribution is -0.276. The Morgan fingerprint density at radius 3 is 2.51 bits per heavy atom. The first-order valence-corrected chi connectivity index (χ1v) is 11.9. The van der Waals surface area contributed by atoms with E-state index < -0.39 is 23.9 Å². The van der Waals surface area contributed by atoms with Crippen molar-refractivity contribution in [3.8, 4) is 5.88 Å². The SMILES string of the molecule is Cc1cnc2cc(C3CCN(C(=O)OC(C)(C)C)CC3)c(=O)n(Cc3cccnc3OC(F)(F)F)c2n1. The lowest BCUT2D eigenvalue weighted by atomic mass is 9.90. The number of aryl methyl sites for hydroxylation is 1. The molecule has 1 aliphatic heterocycles. The zero-order valence-electron chi connectivity index (χ0n) is 21.0. The van der Waals surface area contributed by atoms with Gasteiger partial charge in [0.2, 0.25) is 5.88 Å². The van der Waals surface area contributed by atoms with Gasteiger partial charge < -0.3 is 14.4 Å². The number of carbonyl (C=O) groups is 1. The number of carbonyl (C=O) groups excluding carboxylic acids is 1. The Balaban J connectivity index is 1.68. The number of pyridine rings is 2. The molecule has 3 aromatic heterocycles. The Hall–Kier alpha value is -3.70. The van der Waals surface area contributed by atoms with Crippen LogP contribution in [0.4, 0.5) is 18.0 Å². The largest absolute Gasteiger partial charge is 0.574 e. The fourth-order valence-electron chi connectivity index (χ4n) is 4.29. The van der Waals surface area contributed by atoms with Crippen molar-refractivity contribution in [1.82, 2.24) is 24.4 Å². The first-order valence-electron chi connectivity index (χ1n) is 11.9. The number of halogens is 3. The first kappa shape index (κ1) is 26.4. The molecule has 0 radical (unpaired) electrons. The van der Waals surface area contributed by atoms with E-state index in [1.807, 2.05) is 0 Å². The monoisotopic (exact) mass is 519 g/mol. The summed E-state index contributed by atoms with van der Waals surface area (Å²) in [5.74, 6) is -0.809. The molecule has 0 aromatic carbocycles. The number of fused-ring (bicyclic) bond motifs is 1. The van der Waals surface area contributed by atoms with E-state index in [0.717, 1.165) is 0 Å². The highest BCUT2D eigenvalue weighted by Gasteiger charge is 2.33. The third-order valence-corrected chi connectivity index (χ3v) is 5.92. The maximum Gasteiger partial charge on any atom is 0.574 e. The summed E-state index contributed by atoms with van der Waals surface area (Å²) < 4.78 is 49.7. The van der Waals surface area contributed by atoms with Gasteiger partial charge in [-0.15, -0.1) is 13.2 Å². The van der Waals surface area contributed by atoms with Crippen LogP contribution >= 0.6 is 0 Å². The summed E-state index contributed by atoms with van der Waals surface area (Å²) in [7, 11) is 0. The van der Waals surface area contributed by atoms with Gasteiger partial charge in [0.15, 0.2) is 5.65 Å². The number of hydrogen-bond donors (Lipinski definition) is 0. The molecule has 1 amide bonds. The Labute approximate surface area is 211 Å². The molecule has 0 N–H and O–H groups in total. The molecule has 3 aromatic rings. The van der Waals surface area contributed by atoms with Gasteiger partial charge in [-0.25, -0.2) is 14.8 Å². The summed E-state index contributed by atoms with van der Waals surface area (Å²) in [6.07, 6.45) is -1.55. The Morgan fingerprint density at radius 1 is 1.16 bits per heavy atom. The second-order valence-corrected chi connectivity index (χ2v) is 9.97. The van der Waals surface area contributed by atoms with Gasteiger partial charge in [-0.3, -0.25) is 14.3 Å². The van der Waals surface area contributed by atoms with Gasteiger partial charge in [0.05, 0.1) is 12.2 Å². The van der Waals surface area contributed by atoms with Crippen LogP contribution in [0.5, 0.6) is 5.88 Å². The summed E-state index contributed by atoms with van der Waals surface area (Å²) in [6, 6.07) is 4.57. The highest BCUT2D eigenvalue weighted by molar-refractivity contribution is 5.71. The van der Waals surface area contributed by atoms with E-state index in [2.05, 4.69) is 19.7 Å². The molecule has 0 atom stereocenters. The predicted octanol–water partition coefficient (Wildman–Crippen LogP) is 4.56. The van der Waals surface area contributed by atoms with E-state index in [0.29, 0.717) is 42.7 Å². The zero-order chi connectivity index (χ0) is 27.0. The normalized spacial score (nSPS) is 15.2. The van der Waals surface area contributed by atoms with E-state index in [9.17, 15) is 22.8 Å². The number of likely N-dealkylation sites (tertiary alicyclic amines) is 1. The third-order valence-electron chi connectivity index (χ3n) is 5.92. The van der Waals surface area contributed by atoms with Crippen molar-refractivity contribution in [2.24, 2.45) is 0 Å². The molecule has 0 bridgehead atoms. The molecular formula is C25H28F3N5O4. The molecule has 1 aliphatic rings. The third kappa shape index (κ3) is 6.36. The molecular weight excluding hydrogens is 491 g/mol. The molecule has 0 aliphatic carbocycles. The van der Waals surface area contributed by atoms with Crippen LogP contribution in [0.2, 0.25) is 0 Å². The van der Waals surface area contributed by atoms with Gasteiger partial charge in [0.1, 0.15) is 11.1 Å². The molecule has 12 heteroatoms. The van der Waals surface area contributed by atoms with Crippen LogP contribution in [-0.4, -0.2) is 55.6 Å². The Morgan fingerprint density at radius 2 is 1.86 bits per heavy atom. The molecule has 1 fully saturated rings. The van der Waals surface area contributed by atoms with Crippen molar-refractivity contribution in [3.05, 3.63) is 57.8 Å².